The summed E-state index contributed by atoms with van der Waals surface area (Å²) in [4.78, 5) is 19.0. The molecule has 0 radical (unpaired) electrons. The lowest BCUT2D eigenvalue weighted by molar-refractivity contribution is 0.0996. The molecule has 0 atom stereocenters. The minimum Gasteiger partial charge on any atom is -0.399 e. The quantitative estimate of drug-likeness (QED) is 0.729. The maximum Gasteiger partial charge on any atom is 0.271 e. The fourth-order valence-corrected chi connectivity index (χ4v) is 1.54. The summed E-state index contributed by atoms with van der Waals surface area (Å²) in [6, 6.07) is 4.93. The summed E-state index contributed by atoms with van der Waals surface area (Å²) >= 11 is 6.00. The molecule has 0 aliphatic rings. The minimum atomic E-state index is -0.675. The Morgan fingerprint density at radius 2 is 2.00 bits per heavy atom. The number of hydrogen-bond donors (Lipinski definition) is 3. The van der Waals surface area contributed by atoms with Gasteiger partial charge in [-0.25, -0.2) is 9.97 Å². The molecule has 6 nitrogen and oxygen atoms in total. The summed E-state index contributed by atoms with van der Waals surface area (Å²) in [5.41, 5.74) is 11.9. The van der Waals surface area contributed by atoms with Crippen LogP contribution in [0, 0.1) is 0 Å². The number of anilines is 3. The molecule has 0 fully saturated rings. The highest BCUT2D eigenvalue weighted by Crippen LogP contribution is 2.27. The fraction of sp³-hybridized carbons (Fsp3) is 0. The third kappa shape index (κ3) is 2.49. The van der Waals surface area contributed by atoms with Crippen molar-refractivity contribution in [3.8, 4) is 0 Å². The monoisotopic (exact) mass is 263 g/mol. The first kappa shape index (κ1) is 12.1. The van der Waals surface area contributed by atoms with Gasteiger partial charge in [-0.1, -0.05) is 11.6 Å². The highest BCUT2D eigenvalue weighted by Gasteiger charge is 2.12. The number of nitrogens with zero attached hydrogens (tertiary/aromatic N) is 2. The number of nitrogen functional groups attached to an aromatic ring is 1. The number of rotatable bonds is 3. The van der Waals surface area contributed by atoms with Gasteiger partial charge >= 0.3 is 0 Å². The molecule has 0 spiro atoms. The van der Waals surface area contributed by atoms with E-state index in [9.17, 15) is 4.79 Å². The molecule has 0 aliphatic heterocycles. The van der Waals surface area contributed by atoms with Crippen LogP contribution in [-0.4, -0.2) is 15.9 Å². The molecule has 5 N–H and O–H groups in total. The molecule has 0 unspecified atom stereocenters. The normalized spacial score (nSPS) is 10.1. The van der Waals surface area contributed by atoms with Crippen LogP contribution in [0.2, 0.25) is 5.02 Å². The molecule has 0 saturated carbocycles. The molecule has 7 heteroatoms. The average molecular weight is 264 g/mol. The number of aromatic nitrogens is 2. The second-order valence-corrected chi connectivity index (χ2v) is 3.89. The maximum absolute atomic E-state index is 11.2. The zero-order valence-electron chi connectivity index (χ0n) is 9.22. The van der Waals surface area contributed by atoms with Crippen LogP contribution in [0.4, 0.5) is 17.2 Å². The van der Waals surface area contributed by atoms with E-state index < -0.39 is 5.91 Å². The third-order valence-electron chi connectivity index (χ3n) is 2.18. The molecule has 1 aromatic heterocycles. The van der Waals surface area contributed by atoms with Crippen molar-refractivity contribution in [3.63, 3.8) is 0 Å². The van der Waals surface area contributed by atoms with Crippen LogP contribution in [0.5, 0.6) is 0 Å². The predicted molar refractivity (Wildman–Crippen MR) is 69.7 cm³/mol. The Kier molecular flexibility index (Phi) is 3.29. The van der Waals surface area contributed by atoms with Crippen molar-refractivity contribution in [2.24, 2.45) is 5.73 Å². The van der Waals surface area contributed by atoms with E-state index in [0.717, 1.165) is 0 Å². The van der Waals surface area contributed by atoms with Gasteiger partial charge in [-0.3, -0.25) is 4.79 Å². The number of nitrogens with two attached hydrogens (primary N) is 2. The number of carbonyl (C=O) groups is 1. The van der Waals surface area contributed by atoms with Crippen molar-refractivity contribution in [2.75, 3.05) is 11.1 Å². The van der Waals surface area contributed by atoms with E-state index in [0.29, 0.717) is 16.4 Å². The Bertz CT molecular complexity index is 602. The van der Waals surface area contributed by atoms with Gasteiger partial charge in [0.1, 0.15) is 0 Å². The lowest BCUT2D eigenvalue weighted by Crippen LogP contribution is -2.16. The van der Waals surface area contributed by atoms with E-state index in [-0.39, 0.29) is 11.5 Å². The number of carbonyl (C=O) groups excluding carboxylic acids is 1. The number of hydrogen-bond acceptors (Lipinski definition) is 5. The van der Waals surface area contributed by atoms with Gasteiger partial charge in [-0.2, -0.15) is 0 Å². The fourth-order valence-electron chi connectivity index (χ4n) is 1.38. The zero-order valence-corrected chi connectivity index (χ0v) is 9.98. The maximum atomic E-state index is 11.2. The van der Waals surface area contributed by atoms with Crippen LogP contribution < -0.4 is 16.8 Å². The molecule has 1 amide bonds. The molecule has 0 aliphatic carbocycles. The van der Waals surface area contributed by atoms with Crippen molar-refractivity contribution >= 4 is 34.7 Å². The first-order valence-electron chi connectivity index (χ1n) is 5.01. The van der Waals surface area contributed by atoms with E-state index in [2.05, 4.69) is 15.3 Å². The molecule has 92 valence electrons. The molecule has 0 bridgehead atoms. The Hall–Kier alpha value is -2.34. The topological polar surface area (TPSA) is 107 Å². The number of nitrogens with one attached hydrogen (secondary N) is 1. The Balaban J connectivity index is 2.40. The van der Waals surface area contributed by atoms with Crippen LogP contribution >= 0.6 is 11.6 Å². The smallest absolute Gasteiger partial charge is 0.271 e. The van der Waals surface area contributed by atoms with Crippen molar-refractivity contribution in [1.29, 1.82) is 0 Å². The number of benzene rings is 1. The Morgan fingerprint density at radius 1 is 1.28 bits per heavy atom. The van der Waals surface area contributed by atoms with Gasteiger partial charge < -0.3 is 16.8 Å². The van der Waals surface area contributed by atoms with Gasteiger partial charge in [0.05, 0.1) is 10.7 Å². The molecular formula is C11H10ClN5O. The highest BCUT2D eigenvalue weighted by atomic mass is 35.5. The van der Waals surface area contributed by atoms with Crippen molar-refractivity contribution in [2.45, 2.75) is 0 Å². The van der Waals surface area contributed by atoms with Crippen LogP contribution in [0.15, 0.2) is 30.6 Å². The van der Waals surface area contributed by atoms with Crippen LogP contribution in [0.1, 0.15) is 10.5 Å². The van der Waals surface area contributed by atoms with Crippen molar-refractivity contribution in [3.05, 3.63) is 41.3 Å². The highest BCUT2D eigenvalue weighted by molar-refractivity contribution is 6.33. The third-order valence-corrected chi connectivity index (χ3v) is 2.50. The van der Waals surface area contributed by atoms with Gasteiger partial charge in [0.25, 0.3) is 5.91 Å². The standard InChI is InChI=1S/C11H10ClN5O/c12-7-2-1-6(13)5-8(7)17-11-9(10(14)18)15-3-4-16-11/h1-5H,13H2,(H2,14,18)(H,16,17). The summed E-state index contributed by atoms with van der Waals surface area (Å²) in [5.74, 6) is -0.442. The van der Waals surface area contributed by atoms with Crippen LogP contribution in [-0.2, 0) is 0 Å². The Labute approximate surface area is 108 Å². The second-order valence-electron chi connectivity index (χ2n) is 3.48. The van der Waals surface area contributed by atoms with Crippen molar-refractivity contribution in [1.82, 2.24) is 9.97 Å². The summed E-state index contributed by atoms with van der Waals surface area (Å²) < 4.78 is 0. The molecule has 18 heavy (non-hydrogen) atoms. The minimum absolute atomic E-state index is 0.0380. The second kappa shape index (κ2) is 4.89. The number of primary amides is 1. The van der Waals surface area contributed by atoms with Gasteiger partial charge in [0, 0.05) is 18.1 Å². The lowest BCUT2D eigenvalue weighted by atomic mass is 10.2. The number of amides is 1. The zero-order chi connectivity index (χ0) is 13.1. The van der Waals surface area contributed by atoms with Crippen LogP contribution in [0.25, 0.3) is 0 Å². The van der Waals surface area contributed by atoms with E-state index in [1.165, 1.54) is 12.4 Å². The molecule has 0 saturated heterocycles. The summed E-state index contributed by atoms with van der Waals surface area (Å²) in [7, 11) is 0. The predicted octanol–water partition coefficient (Wildman–Crippen LogP) is 1.55. The van der Waals surface area contributed by atoms with Gasteiger partial charge in [0.2, 0.25) is 0 Å². The van der Waals surface area contributed by atoms with Gasteiger partial charge in [-0.05, 0) is 18.2 Å². The van der Waals surface area contributed by atoms with E-state index >= 15 is 0 Å². The number of halogens is 1. The van der Waals surface area contributed by atoms with E-state index in [4.69, 9.17) is 23.1 Å². The molecule has 2 aromatic rings. The first-order valence-corrected chi connectivity index (χ1v) is 5.38. The summed E-state index contributed by atoms with van der Waals surface area (Å²) in [6.45, 7) is 0. The molecular weight excluding hydrogens is 254 g/mol. The summed E-state index contributed by atoms with van der Waals surface area (Å²) in [6.07, 6.45) is 2.82. The Morgan fingerprint density at radius 3 is 2.72 bits per heavy atom. The van der Waals surface area contributed by atoms with E-state index in [1.54, 1.807) is 18.2 Å². The van der Waals surface area contributed by atoms with Crippen LogP contribution in [0.3, 0.4) is 0 Å². The van der Waals surface area contributed by atoms with E-state index in [1.807, 2.05) is 0 Å². The molecule has 2 rings (SSSR count). The van der Waals surface area contributed by atoms with Gasteiger partial charge in [-0.15, -0.1) is 0 Å². The molecule has 1 aromatic carbocycles. The lowest BCUT2D eigenvalue weighted by Gasteiger charge is -2.10. The van der Waals surface area contributed by atoms with Gasteiger partial charge in [0.15, 0.2) is 11.5 Å². The molecule has 1 heterocycles. The average Bonchev–Trinajstić information content (AvgIpc) is 2.34. The van der Waals surface area contributed by atoms with Crippen molar-refractivity contribution < 1.29 is 4.79 Å². The first-order chi connectivity index (χ1) is 8.58. The summed E-state index contributed by atoms with van der Waals surface area (Å²) in [5, 5.41) is 3.33. The SMILES string of the molecule is NC(=O)c1nccnc1Nc1cc(N)ccc1Cl. The largest absolute Gasteiger partial charge is 0.399 e.